The van der Waals surface area contributed by atoms with E-state index in [1.54, 1.807) is 16.2 Å². The van der Waals surface area contributed by atoms with Crippen LogP contribution in [0.5, 0.6) is 0 Å². The number of nitrogens with zero attached hydrogens (tertiary/aromatic N) is 5. The summed E-state index contributed by atoms with van der Waals surface area (Å²) in [5.41, 5.74) is 6.00. The maximum atomic E-state index is 13.7. The Bertz CT molecular complexity index is 2070. The highest BCUT2D eigenvalue weighted by Gasteiger charge is 2.39. The lowest BCUT2D eigenvalue weighted by Crippen LogP contribution is -2.51. The summed E-state index contributed by atoms with van der Waals surface area (Å²) in [5, 5.41) is 14.8. The second-order valence-corrected chi connectivity index (χ2v) is 16.1. The second-order valence-electron chi connectivity index (χ2n) is 15.2. The van der Waals surface area contributed by atoms with Gasteiger partial charge in [0.2, 0.25) is 17.7 Å². The molecule has 0 bridgehead atoms. The lowest BCUT2D eigenvalue weighted by Gasteiger charge is -2.30. The van der Waals surface area contributed by atoms with Gasteiger partial charge in [-0.1, -0.05) is 33.8 Å². The number of carbonyl (C=O) groups is 4. The summed E-state index contributed by atoms with van der Waals surface area (Å²) in [6.07, 6.45) is 3.28. The average molecular weight is 769 g/mol. The van der Waals surface area contributed by atoms with Crippen LogP contribution in [0, 0.1) is 17.8 Å². The van der Waals surface area contributed by atoms with Gasteiger partial charge in [-0.15, -0.1) is 11.3 Å². The van der Waals surface area contributed by atoms with Gasteiger partial charge < -0.3 is 34.9 Å². The SMILES string of the molecule is COC(=O)CC(C(=O)N1CCCC1c1nc2ccc(-c3csc(-c4ccc5nc(C6CCCN6C(=O)C(NC(=O)CO)C(C)C)[nH]c5c4)n3)cc2[nH]1)C(C)C. The molecule has 4 N–H and O–H groups in total. The molecule has 15 heteroatoms. The Labute approximate surface area is 323 Å². The number of hydrogen-bond donors (Lipinski definition) is 4. The molecule has 0 aliphatic carbocycles. The van der Waals surface area contributed by atoms with Crippen LogP contribution in [0.1, 0.15) is 83.5 Å². The molecular formula is C40H48N8O6S. The Morgan fingerprint density at radius 3 is 2.00 bits per heavy atom. The molecule has 14 nitrogen and oxygen atoms in total. The number of carbonyl (C=O) groups excluding carboxylic acids is 4. The first-order valence-corrected chi connectivity index (χ1v) is 19.9. The Morgan fingerprint density at radius 1 is 0.855 bits per heavy atom. The summed E-state index contributed by atoms with van der Waals surface area (Å²) >= 11 is 1.55. The van der Waals surface area contributed by atoms with Gasteiger partial charge in [-0.25, -0.2) is 15.0 Å². The number of aliphatic hydroxyl groups is 1. The number of aromatic nitrogens is 5. The molecule has 5 heterocycles. The highest BCUT2D eigenvalue weighted by atomic mass is 32.1. The Kier molecular flexibility index (Phi) is 11.0. The van der Waals surface area contributed by atoms with Crippen LogP contribution in [0.15, 0.2) is 41.8 Å². The summed E-state index contributed by atoms with van der Waals surface area (Å²) in [5.74, 6) is -0.341. The van der Waals surface area contributed by atoms with E-state index < -0.39 is 24.5 Å². The molecule has 7 rings (SSSR count). The lowest BCUT2D eigenvalue weighted by molar-refractivity contribution is -0.148. The van der Waals surface area contributed by atoms with Gasteiger partial charge in [0.1, 0.15) is 29.3 Å². The van der Waals surface area contributed by atoms with E-state index in [1.807, 2.05) is 74.4 Å². The molecule has 2 aliphatic rings. The quantitative estimate of drug-likeness (QED) is 0.119. The normalized spacial score (nSPS) is 18.5. The third-order valence-corrected chi connectivity index (χ3v) is 11.8. The number of aromatic amines is 2. The number of imidazole rings is 2. The van der Waals surface area contributed by atoms with Gasteiger partial charge in [-0.05, 0) is 67.9 Å². The van der Waals surface area contributed by atoms with E-state index in [-0.39, 0.29) is 48.1 Å². The lowest BCUT2D eigenvalue weighted by atomic mass is 9.91. The number of amides is 3. The van der Waals surface area contributed by atoms with Crippen molar-refractivity contribution in [3.05, 3.63) is 53.4 Å². The maximum Gasteiger partial charge on any atom is 0.306 e. The van der Waals surface area contributed by atoms with Crippen LogP contribution >= 0.6 is 11.3 Å². The Morgan fingerprint density at radius 2 is 1.44 bits per heavy atom. The molecule has 0 radical (unpaired) electrons. The number of nitrogens with one attached hydrogen (secondary N) is 3. The zero-order valence-corrected chi connectivity index (χ0v) is 32.6. The number of methoxy groups -OCH3 is 1. The first kappa shape index (κ1) is 38.1. The molecule has 5 aromatic rings. The van der Waals surface area contributed by atoms with Crippen LogP contribution in [0.25, 0.3) is 43.9 Å². The van der Waals surface area contributed by atoms with Gasteiger partial charge in [-0.3, -0.25) is 19.2 Å². The van der Waals surface area contributed by atoms with Gasteiger partial charge >= 0.3 is 5.97 Å². The number of esters is 1. The van der Waals surface area contributed by atoms with Crippen LogP contribution in [0.3, 0.4) is 0 Å². The van der Waals surface area contributed by atoms with E-state index in [1.165, 1.54) is 7.11 Å². The fraction of sp³-hybridized carbons (Fsp3) is 0.475. The molecule has 4 atom stereocenters. The van der Waals surface area contributed by atoms with Crippen molar-refractivity contribution in [3.63, 3.8) is 0 Å². The van der Waals surface area contributed by atoms with Crippen molar-refractivity contribution in [1.82, 2.24) is 40.0 Å². The van der Waals surface area contributed by atoms with Crippen molar-refractivity contribution in [1.29, 1.82) is 0 Å². The van der Waals surface area contributed by atoms with Crippen LogP contribution in [-0.2, 0) is 23.9 Å². The van der Waals surface area contributed by atoms with Gasteiger partial charge in [0, 0.05) is 29.6 Å². The fourth-order valence-electron chi connectivity index (χ4n) is 7.83. The van der Waals surface area contributed by atoms with Gasteiger partial charge in [-0.2, -0.15) is 0 Å². The second kappa shape index (κ2) is 15.9. The summed E-state index contributed by atoms with van der Waals surface area (Å²) in [7, 11) is 1.35. The van der Waals surface area contributed by atoms with Gasteiger partial charge in [0.15, 0.2) is 0 Å². The largest absolute Gasteiger partial charge is 0.469 e. The number of benzene rings is 2. The third-order valence-electron chi connectivity index (χ3n) is 10.9. The number of fused-ring (bicyclic) bond motifs is 2. The van der Waals surface area contributed by atoms with Crippen LogP contribution in [0.2, 0.25) is 0 Å². The van der Waals surface area contributed by atoms with Crippen molar-refractivity contribution in [2.45, 2.75) is 77.9 Å². The number of ether oxygens (including phenoxy) is 1. The first-order valence-electron chi connectivity index (χ1n) is 19.0. The molecular weight excluding hydrogens is 721 g/mol. The molecule has 0 saturated carbocycles. The first-order chi connectivity index (χ1) is 26.4. The summed E-state index contributed by atoms with van der Waals surface area (Å²) in [6, 6.07) is 10.8. The van der Waals surface area contributed by atoms with E-state index >= 15 is 0 Å². The number of thiazole rings is 1. The van der Waals surface area contributed by atoms with Gasteiger partial charge in [0.05, 0.1) is 59.3 Å². The predicted octanol–water partition coefficient (Wildman–Crippen LogP) is 5.53. The minimum absolute atomic E-state index is 0.00738. The number of hydrogen-bond acceptors (Lipinski definition) is 10. The molecule has 2 aromatic carbocycles. The van der Waals surface area contributed by atoms with Crippen molar-refractivity contribution < 1.29 is 29.0 Å². The minimum atomic E-state index is -0.734. The molecule has 3 aromatic heterocycles. The predicted molar refractivity (Wildman–Crippen MR) is 208 cm³/mol. The maximum absolute atomic E-state index is 13.7. The van der Waals surface area contributed by atoms with E-state index in [9.17, 15) is 24.3 Å². The van der Waals surface area contributed by atoms with Crippen molar-refractivity contribution in [3.8, 4) is 21.8 Å². The zero-order chi connectivity index (χ0) is 39.0. The highest BCUT2D eigenvalue weighted by Crippen LogP contribution is 2.37. The topological polar surface area (TPSA) is 186 Å². The standard InChI is InChI=1S/C40H48N8O6S/c1-21(2)25(18-34(51)54-5)39(52)47-14-6-8-31(47)36-41-26-12-10-23(16-28(26)43-36)30-20-55-38(45-30)24-11-13-27-29(17-24)44-37(42-27)32-9-7-15-48(32)40(53)35(22(3)4)46-33(50)19-49/h10-13,16-17,20-22,25,31-32,35,49H,6-9,14-15,18-19H2,1-5H3,(H,41,43)(H,42,44)(H,46,50). The van der Waals surface area contributed by atoms with E-state index in [0.29, 0.717) is 18.9 Å². The minimum Gasteiger partial charge on any atom is -0.469 e. The molecule has 2 aliphatic heterocycles. The molecule has 0 spiro atoms. The summed E-state index contributed by atoms with van der Waals surface area (Å²) in [4.78, 5) is 76.6. The van der Waals surface area contributed by atoms with Crippen LogP contribution in [-0.4, -0.2) is 96.4 Å². The number of likely N-dealkylation sites (tertiary alicyclic amines) is 2. The fourth-order valence-corrected chi connectivity index (χ4v) is 8.66. The monoisotopic (exact) mass is 768 g/mol. The number of aliphatic hydroxyl groups excluding tert-OH is 1. The van der Waals surface area contributed by atoms with E-state index in [0.717, 1.165) is 75.4 Å². The third kappa shape index (κ3) is 7.72. The number of H-pyrrole nitrogens is 2. The van der Waals surface area contributed by atoms with Crippen molar-refractivity contribution >= 4 is 57.1 Å². The van der Waals surface area contributed by atoms with E-state index in [2.05, 4.69) is 15.3 Å². The smallest absolute Gasteiger partial charge is 0.306 e. The van der Waals surface area contributed by atoms with Gasteiger partial charge in [0.25, 0.3) is 0 Å². The average Bonchev–Trinajstić information content (AvgIpc) is 4.02. The van der Waals surface area contributed by atoms with Crippen LogP contribution < -0.4 is 5.32 Å². The van der Waals surface area contributed by atoms with Crippen molar-refractivity contribution in [2.24, 2.45) is 17.8 Å². The highest BCUT2D eigenvalue weighted by molar-refractivity contribution is 7.13. The molecule has 55 heavy (non-hydrogen) atoms. The Hall–Kier alpha value is -5.15. The van der Waals surface area contributed by atoms with Crippen LogP contribution in [0.4, 0.5) is 0 Å². The summed E-state index contributed by atoms with van der Waals surface area (Å²) < 4.78 is 4.88. The molecule has 290 valence electrons. The molecule has 2 fully saturated rings. The van der Waals surface area contributed by atoms with E-state index in [4.69, 9.17) is 19.7 Å². The summed E-state index contributed by atoms with van der Waals surface area (Å²) in [6.45, 7) is 8.18. The number of rotatable bonds is 12. The van der Waals surface area contributed by atoms with Crippen molar-refractivity contribution in [2.75, 3.05) is 26.8 Å². The zero-order valence-electron chi connectivity index (χ0n) is 31.8. The molecule has 3 amide bonds. The Balaban J connectivity index is 1.08. The molecule has 2 saturated heterocycles. The molecule has 4 unspecified atom stereocenters.